The Morgan fingerprint density at radius 3 is 2.64 bits per heavy atom. The maximum absolute atomic E-state index is 10.6. The molecule has 0 aromatic rings. The summed E-state index contributed by atoms with van der Waals surface area (Å²) in [5, 5.41) is 8.74. The maximum atomic E-state index is 10.6. The number of hydrogen-bond donors (Lipinski definition) is 1. The third-order valence-electron chi connectivity index (χ3n) is 2.61. The van der Waals surface area contributed by atoms with Gasteiger partial charge in [-0.2, -0.15) is 0 Å². The van der Waals surface area contributed by atoms with Crippen LogP contribution < -0.4 is 0 Å². The van der Waals surface area contributed by atoms with Gasteiger partial charge in [0.25, 0.3) is 0 Å². The smallest absolute Gasteiger partial charge is 0.317 e. The molecule has 0 aromatic carbocycles. The van der Waals surface area contributed by atoms with Gasteiger partial charge >= 0.3 is 5.97 Å². The first kappa shape index (κ1) is 11.5. The van der Waals surface area contributed by atoms with E-state index in [0.717, 1.165) is 12.8 Å². The van der Waals surface area contributed by atoms with Crippen molar-refractivity contribution >= 4 is 17.6 Å². The molecule has 1 rings (SSSR count). The van der Waals surface area contributed by atoms with Gasteiger partial charge in [-0.3, -0.25) is 9.69 Å². The Labute approximate surface area is 89.3 Å². The van der Waals surface area contributed by atoms with E-state index < -0.39 is 5.97 Å². The SMILES string of the molecule is O=C(O)CN(C/C=C/Cl)C1CCCC1. The zero-order valence-corrected chi connectivity index (χ0v) is 8.91. The normalized spacial score (nSPS) is 18.4. The van der Waals surface area contributed by atoms with Crippen molar-refractivity contribution in [2.45, 2.75) is 31.7 Å². The van der Waals surface area contributed by atoms with Gasteiger partial charge in [0.05, 0.1) is 6.54 Å². The second-order valence-electron chi connectivity index (χ2n) is 3.62. The number of carboxylic acid groups (broad SMARTS) is 1. The molecule has 1 fully saturated rings. The van der Waals surface area contributed by atoms with Crippen LogP contribution in [-0.2, 0) is 4.79 Å². The summed E-state index contributed by atoms with van der Waals surface area (Å²) >= 11 is 5.43. The van der Waals surface area contributed by atoms with Crippen molar-refractivity contribution in [3.8, 4) is 0 Å². The number of rotatable bonds is 5. The van der Waals surface area contributed by atoms with E-state index in [1.165, 1.54) is 18.4 Å². The lowest BCUT2D eigenvalue weighted by atomic mass is 10.2. The van der Waals surface area contributed by atoms with Gasteiger partial charge in [-0.05, 0) is 12.8 Å². The Morgan fingerprint density at radius 1 is 1.50 bits per heavy atom. The number of halogens is 1. The molecule has 0 heterocycles. The summed E-state index contributed by atoms with van der Waals surface area (Å²) in [6.45, 7) is 0.756. The molecule has 0 bridgehead atoms. The third-order valence-corrected chi connectivity index (χ3v) is 2.79. The summed E-state index contributed by atoms with van der Waals surface area (Å²) in [5.74, 6) is -0.764. The van der Waals surface area contributed by atoms with Crippen molar-refractivity contribution in [3.05, 3.63) is 11.6 Å². The fourth-order valence-electron chi connectivity index (χ4n) is 1.96. The van der Waals surface area contributed by atoms with Crippen LogP contribution in [0.4, 0.5) is 0 Å². The average molecular weight is 218 g/mol. The lowest BCUT2D eigenvalue weighted by Gasteiger charge is -2.25. The highest BCUT2D eigenvalue weighted by molar-refractivity contribution is 6.25. The second-order valence-corrected chi connectivity index (χ2v) is 3.88. The van der Waals surface area contributed by atoms with Crippen LogP contribution in [0.2, 0.25) is 0 Å². The first-order chi connectivity index (χ1) is 6.74. The molecule has 1 saturated carbocycles. The lowest BCUT2D eigenvalue weighted by Crippen LogP contribution is -2.37. The maximum Gasteiger partial charge on any atom is 0.317 e. The van der Waals surface area contributed by atoms with Gasteiger partial charge in [0.2, 0.25) is 0 Å². The molecule has 0 aliphatic heterocycles. The highest BCUT2D eigenvalue weighted by Crippen LogP contribution is 2.23. The summed E-state index contributed by atoms with van der Waals surface area (Å²) in [4.78, 5) is 12.6. The minimum atomic E-state index is -0.764. The van der Waals surface area contributed by atoms with Crippen molar-refractivity contribution < 1.29 is 9.90 Å². The van der Waals surface area contributed by atoms with Crippen molar-refractivity contribution in [1.82, 2.24) is 4.90 Å². The lowest BCUT2D eigenvalue weighted by molar-refractivity contribution is -0.138. The molecule has 0 unspecified atom stereocenters. The molecule has 80 valence electrons. The molecule has 0 spiro atoms. The van der Waals surface area contributed by atoms with Gasteiger partial charge in [-0.25, -0.2) is 0 Å². The summed E-state index contributed by atoms with van der Waals surface area (Å²) in [6, 6.07) is 0.430. The standard InChI is InChI=1S/C10H16ClNO2/c11-6-3-7-12(8-10(13)14)9-4-1-2-5-9/h3,6,9H,1-2,4-5,7-8H2,(H,13,14)/b6-3+. The number of carbonyl (C=O) groups is 1. The first-order valence-corrected chi connectivity index (χ1v) is 5.38. The first-order valence-electron chi connectivity index (χ1n) is 4.95. The third kappa shape index (κ3) is 3.68. The molecular formula is C10H16ClNO2. The molecule has 1 aliphatic carbocycles. The van der Waals surface area contributed by atoms with Crippen molar-refractivity contribution in [1.29, 1.82) is 0 Å². The van der Waals surface area contributed by atoms with Crippen molar-refractivity contribution in [2.24, 2.45) is 0 Å². The van der Waals surface area contributed by atoms with E-state index in [1.54, 1.807) is 6.08 Å². The van der Waals surface area contributed by atoms with E-state index in [1.807, 2.05) is 4.90 Å². The summed E-state index contributed by atoms with van der Waals surface area (Å²) < 4.78 is 0. The molecule has 0 saturated heterocycles. The fourth-order valence-corrected chi connectivity index (χ4v) is 2.04. The Bertz CT molecular complexity index is 212. The Hall–Kier alpha value is -0.540. The molecule has 14 heavy (non-hydrogen) atoms. The van der Waals surface area contributed by atoms with Crippen LogP contribution in [0.5, 0.6) is 0 Å². The van der Waals surface area contributed by atoms with E-state index in [2.05, 4.69) is 0 Å². The van der Waals surface area contributed by atoms with Gasteiger partial charge in [0, 0.05) is 18.1 Å². The summed E-state index contributed by atoms with van der Waals surface area (Å²) in [7, 11) is 0. The van der Waals surface area contributed by atoms with E-state index in [-0.39, 0.29) is 6.54 Å². The summed E-state index contributed by atoms with van der Waals surface area (Å²) in [5.41, 5.74) is 1.45. The van der Waals surface area contributed by atoms with Gasteiger partial charge in [-0.1, -0.05) is 30.5 Å². The van der Waals surface area contributed by atoms with Gasteiger partial charge in [-0.15, -0.1) is 0 Å². The topological polar surface area (TPSA) is 40.5 Å². The van der Waals surface area contributed by atoms with Crippen LogP contribution in [0.25, 0.3) is 0 Å². The molecule has 1 N–H and O–H groups in total. The van der Waals surface area contributed by atoms with Gasteiger partial charge in [0.15, 0.2) is 0 Å². The van der Waals surface area contributed by atoms with Crippen molar-refractivity contribution in [2.75, 3.05) is 13.1 Å². The highest BCUT2D eigenvalue weighted by atomic mass is 35.5. The monoisotopic (exact) mass is 217 g/mol. The second kappa shape index (κ2) is 6.04. The molecule has 0 aromatic heterocycles. The Morgan fingerprint density at radius 2 is 2.14 bits per heavy atom. The highest BCUT2D eigenvalue weighted by Gasteiger charge is 2.22. The predicted molar refractivity (Wildman–Crippen MR) is 56.5 cm³/mol. The minimum Gasteiger partial charge on any atom is -0.480 e. The molecule has 4 heteroatoms. The van der Waals surface area contributed by atoms with Crippen LogP contribution in [0.15, 0.2) is 11.6 Å². The number of hydrogen-bond acceptors (Lipinski definition) is 2. The Balaban J connectivity index is 2.45. The van der Waals surface area contributed by atoms with E-state index >= 15 is 0 Å². The molecule has 0 radical (unpaired) electrons. The molecular weight excluding hydrogens is 202 g/mol. The van der Waals surface area contributed by atoms with Crippen LogP contribution in [-0.4, -0.2) is 35.1 Å². The van der Waals surface area contributed by atoms with E-state index in [9.17, 15) is 4.79 Å². The van der Waals surface area contributed by atoms with E-state index in [0.29, 0.717) is 12.6 Å². The fraction of sp³-hybridized carbons (Fsp3) is 0.700. The zero-order chi connectivity index (χ0) is 10.4. The minimum absolute atomic E-state index is 0.117. The van der Waals surface area contributed by atoms with Gasteiger partial charge < -0.3 is 5.11 Å². The number of nitrogens with zero attached hydrogens (tertiary/aromatic N) is 1. The average Bonchev–Trinajstić information content (AvgIpc) is 2.64. The number of aliphatic carboxylic acids is 1. The number of carboxylic acids is 1. The molecule has 3 nitrogen and oxygen atoms in total. The van der Waals surface area contributed by atoms with Crippen molar-refractivity contribution in [3.63, 3.8) is 0 Å². The predicted octanol–water partition coefficient (Wildman–Crippen LogP) is 2.07. The zero-order valence-electron chi connectivity index (χ0n) is 8.16. The van der Waals surface area contributed by atoms with Crippen LogP contribution >= 0.6 is 11.6 Å². The molecule has 1 aliphatic rings. The van der Waals surface area contributed by atoms with Crippen LogP contribution in [0.3, 0.4) is 0 Å². The molecule has 0 atom stereocenters. The van der Waals surface area contributed by atoms with Crippen LogP contribution in [0.1, 0.15) is 25.7 Å². The quantitative estimate of drug-likeness (QED) is 0.767. The van der Waals surface area contributed by atoms with Gasteiger partial charge in [0.1, 0.15) is 0 Å². The molecule has 0 amide bonds. The van der Waals surface area contributed by atoms with E-state index in [4.69, 9.17) is 16.7 Å². The Kier molecular flexibility index (Phi) is 4.98. The summed E-state index contributed by atoms with van der Waals surface area (Å²) in [6.07, 6.45) is 6.45. The largest absolute Gasteiger partial charge is 0.480 e. The van der Waals surface area contributed by atoms with Crippen LogP contribution in [0, 0.1) is 0 Å².